The maximum absolute atomic E-state index is 12.9. The van der Waals surface area contributed by atoms with Crippen molar-refractivity contribution in [2.24, 2.45) is 11.8 Å². The van der Waals surface area contributed by atoms with Crippen LogP contribution in [0.4, 0.5) is 0 Å². The van der Waals surface area contributed by atoms with Gasteiger partial charge in [-0.1, -0.05) is 103 Å². The highest BCUT2D eigenvalue weighted by atomic mass is 31.2. The van der Waals surface area contributed by atoms with Gasteiger partial charge in [-0.05, 0) is 63.5 Å². The SMILES string of the molecule is CCCCCc1oc(CCCCCCCCC(=O)OC[C@H](COP(=O)([O-])OCC[N+](C)(C)C)OC(=O)CCCCCC[C@H]2C(=O)C[C@@H](O)[C@@H]2/C=C/[C@@H](O)CCCCC)c(C)c1C. The molecule has 2 rings (SSSR count). The first-order valence-electron chi connectivity index (χ1n) is 23.9. The van der Waals surface area contributed by atoms with E-state index in [1.807, 2.05) is 27.2 Å². The van der Waals surface area contributed by atoms with E-state index < -0.39 is 44.7 Å². The van der Waals surface area contributed by atoms with E-state index >= 15 is 0 Å². The molecular weight excluding hydrogens is 813 g/mol. The highest BCUT2D eigenvalue weighted by Crippen LogP contribution is 2.38. The molecule has 13 nitrogen and oxygen atoms in total. The average molecular weight is 898 g/mol. The summed E-state index contributed by atoms with van der Waals surface area (Å²) in [4.78, 5) is 50.6. The number of rotatable bonds is 36. The number of aryl methyl sites for hydroxylation is 2. The van der Waals surface area contributed by atoms with E-state index in [1.54, 1.807) is 6.08 Å². The van der Waals surface area contributed by atoms with Gasteiger partial charge < -0.3 is 42.5 Å². The number of esters is 2. The Labute approximate surface area is 373 Å². The maximum Gasteiger partial charge on any atom is 0.306 e. The molecule has 0 amide bonds. The van der Waals surface area contributed by atoms with Crippen LogP contribution in [-0.2, 0) is 50.3 Å². The van der Waals surface area contributed by atoms with Gasteiger partial charge in [0, 0.05) is 43.9 Å². The van der Waals surface area contributed by atoms with Gasteiger partial charge in [0.25, 0.3) is 7.82 Å². The molecule has 0 aliphatic heterocycles. The number of phosphoric acid groups is 1. The molecule has 62 heavy (non-hydrogen) atoms. The van der Waals surface area contributed by atoms with Crippen LogP contribution in [0.25, 0.3) is 0 Å². The Morgan fingerprint density at radius 2 is 1.39 bits per heavy atom. The third kappa shape index (κ3) is 24.1. The molecule has 0 bridgehead atoms. The quantitative estimate of drug-likeness (QED) is 0.0215. The van der Waals surface area contributed by atoms with Crippen molar-refractivity contribution in [2.75, 3.05) is 47.5 Å². The van der Waals surface area contributed by atoms with Crippen LogP contribution in [0, 0.1) is 25.7 Å². The molecule has 1 aromatic rings. The normalized spacial score (nSPS) is 18.9. The van der Waals surface area contributed by atoms with E-state index in [4.69, 9.17) is 22.9 Å². The van der Waals surface area contributed by atoms with Crippen molar-refractivity contribution in [1.29, 1.82) is 0 Å². The predicted molar refractivity (Wildman–Crippen MR) is 240 cm³/mol. The van der Waals surface area contributed by atoms with Gasteiger partial charge in [0.2, 0.25) is 0 Å². The lowest BCUT2D eigenvalue weighted by molar-refractivity contribution is -0.870. The van der Waals surface area contributed by atoms with Crippen LogP contribution in [0.5, 0.6) is 0 Å². The van der Waals surface area contributed by atoms with E-state index in [0.717, 1.165) is 95.0 Å². The van der Waals surface area contributed by atoms with Gasteiger partial charge in [-0.2, -0.15) is 0 Å². The van der Waals surface area contributed by atoms with Gasteiger partial charge in [-0.15, -0.1) is 0 Å². The summed E-state index contributed by atoms with van der Waals surface area (Å²) >= 11 is 0. The summed E-state index contributed by atoms with van der Waals surface area (Å²) in [6.45, 7) is 8.08. The zero-order valence-corrected chi connectivity index (χ0v) is 40.4. The van der Waals surface area contributed by atoms with Crippen molar-refractivity contribution >= 4 is 25.5 Å². The van der Waals surface area contributed by atoms with E-state index in [1.165, 1.54) is 24.0 Å². The molecule has 1 fully saturated rings. The monoisotopic (exact) mass is 898 g/mol. The number of hydrogen-bond acceptors (Lipinski definition) is 12. The van der Waals surface area contributed by atoms with Crippen LogP contribution in [0.3, 0.4) is 0 Å². The van der Waals surface area contributed by atoms with Crippen molar-refractivity contribution in [2.45, 2.75) is 194 Å². The predicted octanol–water partition coefficient (Wildman–Crippen LogP) is 8.97. The summed E-state index contributed by atoms with van der Waals surface area (Å²) in [6, 6.07) is 0. The molecule has 1 unspecified atom stereocenters. The number of aliphatic hydroxyl groups is 2. The Balaban J connectivity index is 1.76. The minimum absolute atomic E-state index is 0.0376. The summed E-state index contributed by atoms with van der Waals surface area (Å²) in [5.41, 5.74) is 2.57. The van der Waals surface area contributed by atoms with Crippen molar-refractivity contribution in [1.82, 2.24) is 0 Å². The number of nitrogens with zero attached hydrogens (tertiary/aromatic N) is 1. The zero-order chi connectivity index (χ0) is 46.0. The van der Waals surface area contributed by atoms with E-state index in [0.29, 0.717) is 43.1 Å². The molecule has 1 aliphatic carbocycles. The van der Waals surface area contributed by atoms with Crippen LogP contribution in [0.1, 0.15) is 171 Å². The summed E-state index contributed by atoms with van der Waals surface area (Å²) in [5, 5.41) is 20.8. The Kier molecular flexibility index (Phi) is 27.6. The average Bonchev–Trinajstić information content (AvgIpc) is 3.63. The molecule has 1 saturated carbocycles. The van der Waals surface area contributed by atoms with E-state index in [2.05, 4.69) is 27.7 Å². The highest BCUT2D eigenvalue weighted by molar-refractivity contribution is 7.45. The Morgan fingerprint density at radius 1 is 0.823 bits per heavy atom. The second-order valence-corrected chi connectivity index (χ2v) is 19.9. The maximum atomic E-state index is 12.9. The van der Waals surface area contributed by atoms with Crippen LogP contribution < -0.4 is 4.89 Å². The molecule has 14 heteroatoms. The Bertz CT molecular complexity index is 1500. The molecule has 6 atom stereocenters. The summed E-state index contributed by atoms with van der Waals surface area (Å²) < 4.78 is 40.2. The first kappa shape index (κ1) is 55.8. The summed E-state index contributed by atoms with van der Waals surface area (Å²) in [6.07, 6.45) is 19.7. The summed E-state index contributed by atoms with van der Waals surface area (Å²) in [7, 11) is 0.995. The number of Topliss-reactive ketones (excluding diaryl/α,β-unsaturated/α-hetero) is 1. The Morgan fingerprint density at radius 3 is 2.02 bits per heavy atom. The van der Waals surface area contributed by atoms with Gasteiger partial charge >= 0.3 is 11.9 Å². The molecule has 0 saturated heterocycles. The van der Waals surface area contributed by atoms with E-state index in [-0.39, 0.29) is 50.1 Å². The molecule has 0 aromatic carbocycles. The first-order valence-corrected chi connectivity index (χ1v) is 25.3. The fourth-order valence-electron chi connectivity index (χ4n) is 7.79. The van der Waals surface area contributed by atoms with Crippen molar-refractivity contribution in [3.8, 4) is 0 Å². The minimum atomic E-state index is -4.71. The first-order chi connectivity index (χ1) is 29.5. The Hall–Kier alpha value is -2.38. The molecule has 358 valence electrons. The third-order valence-electron chi connectivity index (χ3n) is 11.9. The van der Waals surface area contributed by atoms with Gasteiger partial charge in [-0.25, -0.2) is 0 Å². The number of likely N-dealkylation sites (N-methyl/N-ethyl adjacent to an activating group) is 1. The minimum Gasteiger partial charge on any atom is -0.756 e. The number of unbranched alkanes of at least 4 members (excludes halogenated alkanes) is 12. The lowest BCUT2D eigenvalue weighted by Crippen LogP contribution is -2.37. The standard InChI is InChI=1S/C48H84NO12P/c1-8-10-18-24-39(50)30-31-42-41(43(51)34-44(42)52)25-20-16-17-23-29-48(54)60-40(36-59-62(55,56)58-33-32-49(5,6)7)35-57-47(53)28-22-15-13-12-14-21-27-46-38(4)37(3)45(61-46)26-19-11-9-2/h30-31,39-42,44,50,52H,8-29,32-36H2,1-7H3/b31-30+/t39-,40+,41+,42+,44+/m0/s1. The molecule has 1 aliphatic rings. The molecule has 1 aromatic heterocycles. The molecule has 2 N–H and O–H groups in total. The van der Waals surface area contributed by atoms with E-state index in [9.17, 15) is 34.1 Å². The molecule has 0 spiro atoms. The number of carbonyl (C=O) groups excluding carboxylic acids is 3. The summed E-state index contributed by atoms with van der Waals surface area (Å²) in [5.74, 6) is 0.654. The number of ether oxygens (including phenoxy) is 2. The lowest BCUT2D eigenvalue weighted by atomic mass is 9.88. The number of phosphoric ester groups is 1. The number of hydrogen-bond donors (Lipinski definition) is 2. The van der Waals surface area contributed by atoms with Crippen molar-refractivity contribution in [3.63, 3.8) is 0 Å². The second kappa shape index (κ2) is 30.7. The topological polar surface area (TPSA) is 182 Å². The second-order valence-electron chi connectivity index (χ2n) is 18.5. The number of quaternary nitrogens is 1. The van der Waals surface area contributed by atoms with Crippen LogP contribution in [0.2, 0.25) is 0 Å². The molecule has 0 radical (unpaired) electrons. The third-order valence-corrected chi connectivity index (χ3v) is 12.8. The number of ketones is 1. The lowest BCUT2D eigenvalue weighted by Gasteiger charge is -2.28. The van der Waals surface area contributed by atoms with Crippen LogP contribution in [-0.4, -0.2) is 98.2 Å². The molecule has 1 heterocycles. The van der Waals surface area contributed by atoms with Crippen molar-refractivity contribution in [3.05, 3.63) is 34.8 Å². The zero-order valence-electron chi connectivity index (χ0n) is 39.5. The highest BCUT2D eigenvalue weighted by Gasteiger charge is 2.39. The van der Waals surface area contributed by atoms with Crippen LogP contribution >= 0.6 is 7.82 Å². The number of furan rings is 1. The van der Waals surface area contributed by atoms with Crippen molar-refractivity contribution < 1.29 is 61.5 Å². The van der Waals surface area contributed by atoms with Gasteiger partial charge in [0.05, 0.1) is 40.0 Å². The fourth-order valence-corrected chi connectivity index (χ4v) is 8.52. The molecular formula is C48H84NO12P. The number of aliphatic hydroxyl groups excluding tert-OH is 2. The van der Waals surface area contributed by atoms with Gasteiger partial charge in [0.15, 0.2) is 6.10 Å². The van der Waals surface area contributed by atoms with Gasteiger partial charge in [0.1, 0.15) is 37.1 Å². The van der Waals surface area contributed by atoms with Crippen LogP contribution in [0.15, 0.2) is 16.6 Å². The largest absolute Gasteiger partial charge is 0.756 e. The van der Waals surface area contributed by atoms with Gasteiger partial charge in [-0.3, -0.25) is 18.9 Å². The number of carbonyl (C=O) groups is 3. The fraction of sp³-hybridized carbons (Fsp3) is 0.812. The smallest absolute Gasteiger partial charge is 0.306 e.